The minimum atomic E-state index is -0.657. The van der Waals surface area contributed by atoms with Crippen molar-refractivity contribution in [3.63, 3.8) is 0 Å². The van der Waals surface area contributed by atoms with E-state index < -0.39 is 11.7 Å². The first kappa shape index (κ1) is 13.8. The first-order valence-corrected chi connectivity index (χ1v) is 6.65. The van der Waals surface area contributed by atoms with E-state index in [4.69, 9.17) is 0 Å². The second-order valence-corrected chi connectivity index (χ2v) is 4.53. The third kappa shape index (κ3) is 3.11. The van der Waals surface area contributed by atoms with Crippen LogP contribution in [-0.2, 0) is 6.42 Å². The van der Waals surface area contributed by atoms with Gasteiger partial charge in [-0.25, -0.2) is 4.79 Å². The van der Waals surface area contributed by atoms with Gasteiger partial charge in [-0.3, -0.25) is 9.78 Å². The highest BCUT2D eigenvalue weighted by atomic mass is 16.4. The Balaban J connectivity index is 1.55. The lowest BCUT2D eigenvalue weighted by molar-refractivity contribution is 0.0949. The van der Waals surface area contributed by atoms with E-state index in [0.29, 0.717) is 13.0 Å². The van der Waals surface area contributed by atoms with Crippen LogP contribution < -0.4 is 11.1 Å². The maximum atomic E-state index is 11.7. The number of hydrogen-bond acceptors (Lipinski definition) is 5. The number of nitrogens with zero attached hydrogens (tertiary/aromatic N) is 3. The average molecular weight is 299 g/mol. The molecule has 0 saturated heterocycles. The number of aromatic amines is 1. The number of carbonyl (C=O) groups is 1. The van der Waals surface area contributed by atoms with E-state index in [1.807, 2.05) is 30.3 Å². The van der Waals surface area contributed by atoms with Gasteiger partial charge in [-0.1, -0.05) is 18.2 Å². The topological polar surface area (TPSA) is 106 Å². The van der Waals surface area contributed by atoms with Crippen molar-refractivity contribution in [1.29, 1.82) is 0 Å². The fourth-order valence-corrected chi connectivity index (χ4v) is 1.89. The lowest BCUT2D eigenvalue weighted by Crippen LogP contribution is -2.26. The smallest absolute Gasteiger partial charge is 0.416 e. The normalized spacial score (nSPS) is 10.5. The predicted molar refractivity (Wildman–Crippen MR) is 76.7 cm³/mol. The Bertz CT molecular complexity index is 818. The van der Waals surface area contributed by atoms with Gasteiger partial charge in [0.15, 0.2) is 0 Å². The monoisotopic (exact) mass is 299 g/mol. The summed E-state index contributed by atoms with van der Waals surface area (Å²) in [6, 6.07) is 9.54. The molecule has 0 bridgehead atoms. The van der Waals surface area contributed by atoms with Gasteiger partial charge in [0.2, 0.25) is 0 Å². The Kier molecular flexibility index (Phi) is 3.82. The summed E-state index contributed by atoms with van der Waals surface area (Å²) >= 11 is 0. The number of para-hydroxylation sites is 1. The molecule has 3 rings (SSSR count). The molecule has 0 aliphatic rings. The molecular formula is C14H13N5O3. The van der Waals surface area contributed by atoms with Crippen LogP contribution in [0.3, 0.4) is 0 Å². The highest BCUT2D eigenvalue weighted by Crippen LogP contribution is 2.04. The summed E-state index contributed by atoms with van der Waals surface area (Å²) in [5.74, 6) is -1.06. The molecule has 8 heteroatoms. The quantitative estimate of drug-likeness (QED) is 0.714. The van der Waals surface area contributed by atoms with Crippen LogP contribution in [0.5, 0.6) is 0 Å². The summed E-state index contributed by atoms with van der Waals surface area (Å²) < 4.78 is 4.50. The zero-order valence-corrected chi connectivity index (χ0v) is 11.5. The fourth-order valence-electron chi connectivity index (χ4n) is 1.89. The second-order valence-electron chi connectivity index (χ2n) is 4.53. The van der Waals surface area contributed by atoms with Crippen LogP contribution in [0.15, 0.2) is 52.0 Å². The van der Waals surface area contributed by atoms with Crippen LogP contribution in [0.4, 0.5) is 0 Å². The molecular weight excluding hydrogens is 286 g/mol. The summed E-state index contributed by atoms with van der Waals surface area (Å²) in [6.07, 6.45) is 3.27. The zero-order chi connectivity index (χ0) is 15.4. The Morgan fingerprint density at radius 1 is 1.32 bits per heavy atom. The Labute approximate surface area is 124 Å². The molecule has 0 spiro atoms. The number of rotatable bonds is 5. The van der Waals surface area contributed by atoms with Crippen molar-refractivity contribution in [3.05, 3.63) is 64.7 Å². The standard InChI is InChI=1S/C14H13N5O3/c20-13(12-9-22-14(21)17-12)15-7-6-10-8-16-19(18-10)11-4-2-1-3-5-11/h1-5,8-9H,6-7H2,(H,15,20)(H,17,21). The largest absolute Gasteiger partial charge is 0.416 e. The van der Waals surface area contributed by atoms with Gasteiger partial charge in [-0.05, 0) is 12.1 Å². The lowest BCUT2D eigenvalue weighted by Gasteiger charge is -2.01. The van der Waals surface area contributed by atoms with E-state index in [2.05, 4.69) is 24.9 Å². The molecule has 2 aromatic heterocycles. The minimum Gasteiger partial charge on any atom is -0.416 e. The summed E-state index contributed by atoms with van der Waals surface area (Å²) in [6.45, 7) is 0.375. The molecule has 22 heavy (non-hydrogen) atoms. The number of aromatic nitrogens is 4. The Hall–Kier alpha value is -3.16. The van der Waals surface area contributed by atoms with Crippen LogP contribution in [0.1, 0.15) is 16.2 Å². The molecule has 2 N–H and O–H groups in total. The van der Waals surface area contributed by atoms with Gasteiger partial charge < -0.3 is 9.73 Å². The maximum absolute atomic E-state index is 11.7. The summed E-state index contributed by atoms with van der Waals surface area (Å²) in [5.41, 5.74) is 1.72. The molecule has 0 atom stereocenters. The number of nitrogens with one attached hydrogen (secondary N) is 2. The second kappa shape index (κ2) is 6.08. The van der Waals surface area contributed by atoms with Gasteiger partial charge in [0.05, 0.1) is 17.6 Å². The van der Waals surface area contributed by atoms with Gasteiger partial charge in [0, 0.05) is 13.0 Å². The molecule has 112 valence electrons. The minimum absolute atomic E-state index is 0.0953. The van der Waals surface area contributed by atoms with E-state index >= 15 is 0 Å². The third-order valence-electron chi connectivity index (χ3n) is 2.96. The van der Waals surface area contributed by atoms with Gasteiger partial charge >= 0.3 is 5.76 Å². The average Bonchev–Trinajstić information content (AvgIpc) is 3.17. The molecule has 3 aromatic rings. The first-order valence-electron chi connectivity index (χ1n) is 6.65. The molecule has 0 aliphatic carbocycles. The summed E-state index contributed by atoms with van der Waals surface area (Å²) in [7, 11) is 0. The van der Waals surface area contributed by atoms with Crippen molar-refractivity contribution in [3.8, 4) is 5.69 Å². The maximum Gasteiger partial charge on any atom is 0.416 e. The fraction of sp³-hybridized carbons (Fsp3) is 0.143. The number of amides is 1. The van der Waals surface area contributed by atoms with Crippen molar-refractivity contribution >= 4 is 5.91 Å². The van der Waals surface area contributed by atoms with Crippen molar-refractivity contribution in [2.75, 3.05) is 6.54 Å². The van der Waals surface area contributed by atoms with Crippen LogP contribution in [-0.4, -0.2) is 32.4 Å². The van der Waals surface area contributed by atoms with Gasteiger partial charge in [0.1, 0.15) is 12.0 Å². The molecule has 0 unspecified atom stereocenters. The summed E-state index contributed by atoms with van der Waals surface area (Å²) in [5, 5.41) is 11.2. The van der Waals surface area contributed by atoms with Crippen LogP contribution in [0.2, 0.25) is 0 Å². The number of oxazole rings is 1. The first-order chi connectivity index (χ1) is 10.7. The summed E-state index contributed by atoms with van der Waals surface area (Å²) in [4.78, 5) is 26.3. The van der Waals surface area contributed by atoms with E-state index in [-0.39, 0.29) is 5.69 Å². The number of benzene rings is 1. The molecule has 2 heterocycles. The molecule has 8 nitrogen and oxygen atoms in total. The Morgan fingerprint density at radius 2 is 2.14 bits per heavy atom. The van der Waals surface area contributed by atoms with E-state index in [0.717, 1.165) is 17.6 Å². The van der Waals surface area contributed by atoms with Crippen molar-refractivity contribution in [2.24, 2.45) is 0 Å². The van der Waals surface area contributed by atoms with E-state index in [9.17, 15) is 9.59 Å². The molecule has 0 saturated carbocycles. The molecule has 0 aliphatic heterocycles. The van der Waals surface area contributed by atoms with Crippen LogP contribution in [0, 0.1) is 0 Å². The van der Waals surface area contributed by atoms with Gasteiger partial charge in [-0.15, -0.1) is 0 Å². The van der Waals surface area contributed by atoms with Crippen molar-refractivity contribution in [1.82, 2.24) is 25.3 Å². The van der Waals surface area contributed by atoms with Gasteiger partial charge in [0.25, 0.3) is 5.91 Å². The molecule has 1 amide bonds. The SMILES string of the molecule is O=C(NCCc1cnn(-c2ccccc2)n1)c1coc(=O)[nH]1. The zero-order valence-electron chi connectivity index (χ0n) is 11.5. The van der Waals surface area contributed by atoms with E-state index in [1.165, 1.54) is 4.80 Å². The molecule has 1 aromatic carbocycles. The molecule has 0 fully saturated rings. The van der Waals surface area contributed by atoms with Gasteiger partial charge in [-0.2, -0.15) is 15.0 Å². The lowest BCUT2D eigenvalue weighted by atomic mass is 10.3. The van der Waals surface area contributed by atoms with Crippen molar-refractivity contribution in [2.45, 2.75) is 6.42 Å². The van der Waals surface area contributed by atoms with E-state index in [1.54, 1.807) is 6.20 Å². The highest BCUT2D eigenvalue weighted by molar-refractivity contribution is 5.91. The van der Waals surface area contributed by atoms with Crippen LogP contribution >= 0.6 is 0 Å². The Morgan fingerprint density at radius 3 is 2.86 bits per heavy atom. The number of hydrogen-bond donors (Lipinski definition) is 2. The molecule has 0 radical (unpaired) electrons. The third-order valence-corrected chi connectivity index (χ3v) is 2.96. The predicted octanol–water partition coefficient (Wildman–Crippen LogP) is 0.521. The number of carbonyl (C=O) groups excluding carboxylic acids is 1. The highest BCUT2D eigenvalue weighted by Gasteiger charge is 2.09. The number of H-pyrrole nitrogens is 1. The van der Waals surface area contributed by atoms with Crippen LogP contribution in [0.25, 0.3) is 5.69 Å². The van der Waals surface area contributed by atoms with Crippen molar-refractivity contribution < 1.29 is 9.21 Å².